The van der Waals surface area contributed by atoms with E-state index in [0.717, 1.165) is 9.13 Å². The average molecular weight is 346 g/mol. The normalized spacial score (nSPS) is 18.9. The number of aliphatic carboxylic acids is 1. The molecule has 1 aromatic rings. The second-order valence-corrected chi connectivity index (χ2v) is 5.63. The second kappa shape index (κ2) is 5.35. The number of rotatable bonds is 3. The fourth-order valence-corrected chi connectivity index (χ4v) is 2.81. The van der Waals surface area contributed by atoms with Gasteiger partial charge in [-0.3, -0.25) is 4.79 Å². The minimum atomic E-state index is -0.694. The van der Waals surface area contributed by atoms with E-state index in [4.69, 9.17) is 4.74 Å². The van der Waals surface area contributed by atoms with E-state index in [-0.39, 0.29) is 0 Å². The molecule has 0 saturated carbocycles. The highest BCUT2D eigenvalue weighted by molar-refractivity contribution is 14.1. The van der Waals surface area contributed by atoms with Crippen LogP contribution in [0.3, 0.4) is 0 Å². The minimum absolute atomic E-state index is 0.551. The first-order valence-corrected chi connectivity index (χ1v) is 6.76. The number of halogens is 1. The van der Waals surface area contributed by atoms with Gasteiger partial charge in [0.05, 0.1) is 5.41 Å². The lowest BCUT2D eigenvalue weighted by molar-refractivity contribution is -0.154. The van der Waals surface area contributed by atoms with E-state index in [9.17, 15) is 9.90 Å². The van der Waals surface area contributed by atoms with Crippen molar-refractivity contribution in [2.24, 2.45) is 5.41 Å². The van der Waals surface area contributed by atoms with Gasteiger partial charge in [0.2, 0.25) is 0 Å². The summed E-state index contributed by atoms with van der Waals surface area (Å²) in [5, 5.41) is 9.48. The van der Waals surface area contributed by atoms with Crippen molar-refractivity contribution in [1.29, 1.82) is 0 Å². The molecule has 2 rings (SSSR count). The molecule has 0 bridgehead atoms. The van der Waals surface area contributed by atoms with E-state index >= 15 is 0 Å². The third kappa shape index (κ3) is 2.80. The molecule has 92 valence electrons. The zero-order valence-electron chi connectivity index (χ0n) is 9.49. The molecule has 0 aromatic heterocycles. The molecule has 1 aliphatic rings. The van der Waals surface area contributed by atoms with Crippen LogP contribution in [0.25, 0.3) is 0 Å². The van der Waals surface area contributed by atoms with Gasteiger partial charge in [0.1, 0.15) is 0 Å². The van der Waals surface area contributed by atoms with E-state index in [2.05, 4.69) is 22.6 Å². The first kappa shape index (κ1) is 12.8. The maximum Gasteiger partial charge on any atom is 0.310 e. The monoisotopic (exact) mass is 346 g/mol. The zero-order valence-corrected chi connectivity index (χ0v) is 11.6. The second-order valence-electron chi connectivity index (χ2n) is 4.47. The summed E-state index contributed by atoms with van der Waals surface area (Å²) in [6, 6.07) is 7.97. The molecule has 17 heavy (non-hydrogen) atoms. The molecular formula is C13H15IO3. The Kier molecular flexibility index (Phi) is 4.04. The first-order valence-electron chi connectivity index (χ1n) is 5.69. The highest BCUT2D eigenvalue weighted by Gasteiger charge is 2.40. The number of hydrogen-bond acceptors (Lipinski definition) is 2. The summed E-state index contributed by atoms with van der Waals surface area (Å²) in [4.78, 5) is 11.5. The molecule has 1 heterocycles. The van der Waals surface area contributed by atoms with Crippen LogP contribution in [-0.2, 0) is 16.0 Å². The van der Waals surface area contributed by atoms with E-state index in [1.807, 2.05) is 24.3 Å². The Morgan fingerprint density at radius 3 is 2.59 bits per heavy atom. The van der Waals surface area contributed by atoms with E-state index in [1.54, 1.807) is 0 Å². The Hall–Kier alpha value is -0.620. The average Bonchev–Trinajstić information content (AvgIpc) is 2.33. The SMILES string of the molecule is O=C(O)C1(Cc2ccccc2I)CCOCC1. The number of hydrogen-bond donors (Lipinski definition) is 1. The molecule has 1 N–H and O–H groups in total. The quantitative estimate of drug-likeness (QED) is 0.857. The van der Waals surface area contributed by atoms with E-state index < -0.39 is 11.4 Å². The molecule has 3 nitrogen and oxygen atoms in total. The third-order valence-electron chi connectivity index (χ3n) is 3.39. The maximum atomic E-state index is 11.5. The van der Waals surface area contributed by atoms with Crippen molar-refractivity contribution in [3.05, 3.63) is 33.4 Å². The van der Waals surface area contributed by atoms with Crippen molar-refractivity contribution in [2.75, 3.05) is 13.2 Å². The molecule has 4 heteroatoms. The van der Waals surface area contributed by atoms with Crippen LogP contribution >= 0.6 is 22.6 Å². The zero-order chi connectivity index (χ0) is 12.3. The largest absolute Gasteiger partial charge is 0.481 e. The van der Waals surface area contributed by atoms with Crippen molar-refractivity contribution >= 4 is 28.6 Å². The van der Waals surface area contributed by atoms with Crippen molar-refractivity contribution in [2.45, 2.75) is 19.3 Å². The van der Waals surface area contributed by atoms with Gasteiger partial charge in [-0.15, -0.1) is 0 Å². The summed E-state index contributed by atoms with van der Waals surface area (Å²) in [6.07, 6.45) is 1.81. The van der Waals surface area contributed by atoms with Gasteiger partial charge in [-0.2, -0.15) is 0 Å². The van der Waals surface area contributed by atoms with Gasteiger partial charge in [0.15, 0.2) is 0 Å². The summed E-state index contributed by atoms with van der Waals surface area (Å²) >= 11 is 2.26. The van der Waals surface area contributed by atoms with Crippen molar-refractivity contribution in [3.8, 4) is 0 Å². The van der Waals surface area contributed by atoms with Crippen LogP contribution in [0.15, 0.2) is 24.3 Å². The lowest BCUT2D eigenvalue weighted by atomic mass is 9.75. The Morgan fingerprint density at radius 1 is 1.35 bits per heavy atom. The topological polar surface area (TPSA) is 46.5 Å². The molecule has 0 spiro atoms. The summed E-state index contributed by atoms with van der Waals surface area (Å²) < 4.78 is 6.41. The van der Waals surface area contributed by atoms with Crippen LogP contribution in [0.5, 0.6) is 0 Å². The maximum absolute atomic E-state index is 11.5. The number of ether oxygens (including phenoxy) is 1. The molecule has 0 radical (unpaired) electrons. The number of benzene rings is 1. The lowest BCUT2D eigenvalue weighted by Crippen LogP contribution is -2.39. The Labute approximate surface area is 114 Å². The summed E-state index contributed by atoms with van der Waals surface area (Å²) in [6.45, 7) is 1.10. The number of carbonyl (C=O) groups is 1. The smallest absolute Gasteiger partial charge is 0.310 e. The predicted molar refractivity (Wildman–Crippen MR) is 73.0 cm³/mol. The molecule has 0 atom stereocenters. The lowest BCUT2D eigenvalue weighted by Gasteiger charge is -2.33. The van der Waals surface area contributed by atoms with Crippen LogP contribution < -0.4 is 0 Å². The summed E-state index contributed by atoms with van der Waals surface area (Å²) in [7, 11) is 0. The van der Waals surface area contributed by atoms with Gasteiger partial charge >= 0.3 is 5.97 Å². The van der Waals surface area contributed by atoms with E-state index in [1.165, 1.54) is 0 Å². The summed E-state index contributed by atoms with van der Waals surface area (Å²) in [5.74, 6) is -0.694. The molecule has 1 aromatic carbocycles. The predicted octanol–water partition coefficient (Wildman–Crippen LogP) is 2.72. The molecule has 1 aliphatic heterocycles. The van der Waals surface area contributed by atoms with Crippen molar-refractivity contribution < 1.29 is 14.6 Å². The third-order valence-corrected chi connectivity index (χ3v) is 4.44. The van der Waals surface area contributed by atoms with Crippen LogP contribution in [0.4, 0.5) is 0 Å². The van der Waals surface area contributed by atoms with Crippen LogP contribution in [0, 0.1) is 8.99 Å². The summed E-state index contributed by atoms with van der Waals surface area (Å²) in [5.41, 5.74) is 0.483. The first-order chi connectivity index (χ1) is 8.14. The highest BCUT2D eigenvalue weighted by atomic mass is 127. The van der Waals surface area contributed by atoms with Crippen LogP contribution in [0.2, 0.25) is 0 Å². The molecule has 0 aliphatic carbocycles. The van der Waals surface area contributed by atoms with Gasteiger partial charge in [-0.1, -0.05) is 18.2 Å². The fourth-order valence-electron chi connectivity index (χ4n) is 2.23. The Balaban J connectivity index is 2.24. The molecule has 0 unspecified atom stereocenters. The van der Waals surface area contributed by atoms with Crippen LogP contribution in [-0.4, -0.2) is 24.3 Å². The van der Waals surface area contributed by atoms with E-state index in [0.29, 0.717) is 32.5 Å². The van der Waals surface area contributed by atoms with Gasteiger partial charge < -0.3 is 9.84 Å². The van der Waals surface area contributed by atoms with Gasteiger partial charge in [0, 0.05) is 16.8 Å². The number of carboxylic acid groups (broad SMARTS) is 1. The molecule has 0 amide bonds. The van der Waals surface area contributed by atoms with Gasteiger partial charge in [0.25, 0.3) is 0 Å². The fraction of sp³-hybridized carbons (Fsp3) is 0.462. The van der Waals surface area contributed by atoms with Crippen molar-refractivity contribution in [3.63, 3.8) is 0 Å². The Morgan fingerprint density at radius 2 is 2.00 bits per heavy atom. The molecule has 1 fully saturated rings. The molecule has 1 saturated heterocycles. The minimum Gasteiger partial charge on any atom is -0.481 e. The number of carboxylic acids is 1. The Bertz CT molecular complexity index is 411. The van der Waals surface area contributed by atoms with Gasteiger partial charge in [-0.25, -0.2) is 0 Å². The highest BCUT2D eigenvalue weighted by Crippen LogP contribution is 2.35. The standard InChI is InChI=1S/C13H15IO3/c14-11-4-2-1-3-10(11)9-13(12(15)16)5-7-17-8-6-13/h1-4H,5-9H2,(H,15,16). The van der Waals surface area contributed by atoms with Crippen molar-refractivity contribution in [1.82, 2.24) is 0 Å². The molecular weight excluding hydrogens is 331 g/mol. The van der Waals surface area contributed by atoms with Gasteiger partial charge in [-0.05, 0) is 53.5 Å². The van der Waals surface area contributed by atoms with Crippen LogP contribution in [0.1, 0.15) is 18.4 Å².